The fourth-order valence-corrected chi connectivity index (χ4v) is 4.10. The molecule has 1 aromatic carbocycles. The van der Waals surface area contributed by atoms with Gasteiger partial charge in [-0.3, -0.25) is 4.90 Å². The van der Waals surface area contributed by atoms with Crippen LogP contribution in [-0.2, 0) is 19.6 Å². The number of likely N-dealkylation sites (tertiary alicyclic amines) is 1. The third-order valence-corrected chi connectivity index (χ3v) is 5.46. The molecule has 1 N–H and O–H groups in total. The van der Waals surface area contributed by atoms with Crippen molar-refractivity contribution < 1.29 is 4.42 Å². The third-order valence-electron chi connectivity index (χ3n) is 5.46. The molecule has 130 valence electrons. The van der Waals surface area contributed by atoms with Gasteiger partial charge in [0.1, 0.15) is 23.0 Å². The van der Waals surface area contributed by atoms with Crippen LogP contribution in [0.15, 0.2) is 34.7 Å². The Labute approximate surface area is 146 Å². The van der Waals surface area contributed by atoms with Crippen LogP contribution in [0.3, 0.4) is 0 Å². The van der Waals surface area contributed by atoms with E-state index >= 15 is 0 Å². The first-order chi connectivity index (χ1) is 12.4. The summed E-state index contributed by atoms with van der Waals surface area (Å²) in [5.74, 6) is 3.88. The van der Waals surface area contributed by atoms with Crippen LogP contribution in [0.4, 0.5) is 0 Å². The average molecular weight is 337 g/mol. The molecule has 0 saturated carbocycles. The van der Waals surface area contributed by atoms with Crippen molar-refractivity contribution in [2.24, 2.45) is 0 Å². The molecule has 1 saturated heterocycles. The van der Waals surface area contributed by atoms with Crippen molar-refractivity contribution in [1.29, 1.82) is 0 Å². The van der Waals surface area contributed by atoms with Gasteiger partial charge < -0.3 is 14.3 Å². The van der Waals surface area contributed by atoms with Crippen LogP contribution in [0.1, 0.15) is 36.2 Å². The summed E-state index contributed by atoms with van der Waals surface area (Å²) in [4.78, 5) is 2.49. The zero-order valence-electron chi connectivity index (χ0n) is 14.3. The maximum absolute atomic E-state index is 5.97. The molecule has 0 aliphatic carbocycles. The van der Waals surface area contributed by atoms with Gasteiger partial charge in [-0.05, 0) is 38.1 Å². The standard InChI is InChI=1S/C19H23N5O/c1-2-4-17-15(3-1)11-16(25-17)13-23-8-5-14(6-9-23)19-22-21-18-12-20-7-10-24(18)19/h1-4,11,14,20H,5-10,12-13H2. The second-order valence-electron chi connectivity index (χ2n) is 7.10. The van der Waals surface area contributed by atoms with Gasteiger partial charge in [0.05, 0.1) is 13.1 Å². The normalized spacial score (nSPS) is 19.4. The van der Waals surface area contributed by atoms with E-state index in [0.29, 0.717) is 5.92 Å². The Morgan fingerprint density at radius 3 is 2.88 bits per heavy atom. The Kier molecular flexibility index (Phi) is 3.79. The second kappa shape index (κ2) is 6.28. The average Bonchev–Trinajstić information content (AvgIpc) is 3.26. The van der Waals surface area contributed by atoms with Crippen molar-refractivity contribution >= 4 is 11.0 Å². The van der Waals surface area contributed by atoms with E-state index in [1.807, 2.05) is 12.1 Å². The van der Waals surface area contributed by atoms with Gasteiger partial charge in [-0.25, -0.2) is 0 Å². The maximum atomic E-state index is 5.97. The van der Waals surface area contributed by atoms with Crippen molar-refractivity contribution in [3.05, 3.63) is 47.7 Å². The van der Waals surface area contributed by atoms with Crippen molar-refractivity contribution in [2.45, 2.75) is 38.4 Å². The Morgan fingerprint density at radius 2 is 2.00 bits per heavy atom. The first-order valence-electron chi connectivity index (χ1n) is 9.19. The fraction of sp³-hybridized carbons (Fsp3) is 0.474. The summed E-state index contributed by atoms with van der Waals surface area (Å²) in [7, 11) is 0. The molecular formula is C19H23N5O. The van der Waals surface area contributed by atoms with Gasteiger partial charge in [0, 0.05) is 24.4 Å². The first kappa shape index (κ1) is 15.1. The monoisotopic (exact) mass is 337 g/mol. The van der Waals surface area contributed by atoms with Crippen LogP contribution < -0.4 is 5.32 Å². The molecule has 6 heteroatoms. The lowest BCUT2D eigenvalue weighted by atomic mass is 9.95. The van der Waals surface area contributed by atoms with Gasteiger partial charge in [-0.1, -0.05) is 18.2 Å². The van der Waals surface area contributed by atoms with Crippen LogP contribution in [0, 0.1) is 0 Å². The molecule has 2 aliphatic heterocycles. The number of fused-ring (bicyclic) bond motifs is 2. The van der Waals surface area contributed by atoms with Gasteiger partial charge in [-0.2, -0.15) is 0 Å². The quantitative estimate of drug-likeness (QED) is 0.796. The predicted octanol–water partition coefficient (Wildman–Crippen LogP) is 2.51. The number of nitrogens with zero attached hydrogens (tertiary/aromatic N) is 4. The van der Waals surface area contributed by atoms with E-state index in [1.54, 1.807) is 0 Å². The highest BCUT2D eigenvalue weighted by Gasteiger charge is 2.27. The molecule has 3 aromatic rings. The summed E-state index contributed by atoms with van der Waals surface area (Å²) < 4.78 is 8.30. The van der Waals surface area contributed by atoms with Crippen LogP contribution in [0.2, 0.25) is 0 Å². The van der Waals surface area contributed by atoms with Gasteiger partial charge in [0.15, 0.2) is 0 Å². The van der Waals surface area contributed by atoms with E-state index in [1.165, 1.54) is 11.2 Å². The highest BCUT2D eigenvalue weighted by Crippen LogP contribution is 2.29. The smallest absolute Gasteiger partial charge is 0.147 e. The molecule has 2 aliphatic rings. The Morgan fingerprint density at radius 1 is 1.12 bits per heavy atom. The Bertz CT molecular complexity index is 842. The molecule has 0 atom stereocenters. The molecule has 25 heavy (non-hydrogen) atoms. The van der Waals surface area contributed by atoms with Crippen molar-refractivity contribution in [3.63, 3.8) is 0 Å². The largest absolute Gasteiger partial charge is 0.460 e. The summed E-state index contributed by atoms with van der Waals surface area (Å²) in [5, 5.41) is 13.4. The number of para-hydroxylation sites is 1. The highest BCUT2D eigenvalue weighted by atomic mass is 16.3. The SMILES string of the molecule is c1ccc2oc(CN3CCC(c4nnc5n4CCNC5)CC3)cc2c1. The van der Waals surface area contributed by atoms with Gasteiger partial charge in [0.25, 0.3) is 0 Å². The Hall–Kier alpha value is -2.18. The number of furan rings is 1. The van der Waals surface area contributed by atoms with E-state index in [-0.39, 0.29) is 0 Å². The minimum Gasteiger partial charge on any atom is -0.460 e. The van der Waals surface area contributed by atoms with Gasteiger partial charge in [-0.15, -0.1) is 10.2 Å². The minimum absolute atomic E-state index is 0.534. The maximum Gasteiger partial charge on any atom is 0.147 e. The molecule has 0 spiro atoms. The summed E-state index contributed by atoms with van der Waals surface area (Å²) in [6.45, 7) is 5.92. The van der Waals surface area contributed by atoms with Crippen molar-refractivity contribution in [3.8, 4) is 0 Å². The zero-order chi connectivity index (χ0) is 16.6. The number of benzene rings is 1. The van der Waals surface area contributed by atoms with Gasteiger partial charge >= 0.3 is 0 Å². The topological polar surface area (TPSA) is 59.1 Å². The van der Waals surface area contributed by atoms with Gasteiger partial charge in [0.2, 0.25) is 0 Å². The molecular weight excluding hydrogens is 314 g/mol. The van der Waals surface area contributed by atoms with Crippen LogP contribution in [-0.4, -0.2) is 39.3 Å². The molecule has 6 nitrogen and oxygen atoms in total. The number of rotatable bonds is 3. The molecule has 0 bridgehead atoms. The molecule has 0 amide bonds. The number of aromatic nitrogens is 3. The van der Waals surface area contributed by atoms with E-state index in [4.69, 9.17) is 4.42 Å². The molecule has 4 heterocycles. The van der Waals surface area contributed by atoms with E-state index in [9.17, 15) is 0 Å². The lowest BCUT2D eigenvalue weighted by Gasteiger charge is -2.31. The number of piperidine rings is 1. The molecule has 1 fully saturated rings. The molecule has 5 rings (SSSR count). The lowest BCUT2D eigenvalue weighted by Crippen LogP contribution is -2.34. The van der Waals surface area contributed by atoms with Crippen molar-refractivity contribution in [1.82, 2.24) is 25.0 Å². The molecule has 2 aromatic heterocycles. The highest BCUT2D eigenvalue weighted by molar-refractivity contribution is 5.77. The number of hydrogen-bond acceptors (Lipinski definition) is 5. The van der Waals surface area contributed by atoms with Crippen LogP contribution >= 0.6 is 0 Å². The summed E-state index contributed by atoms with van der Waals surface area (Å²) in [6.07, 6.45) is 2.29. The van der Waals surface area contributed by atoms with E-state index in [2.05, 4.69) is 43.2 Å². The fourth-order valence-electron chi connectivity index (χ4n) is 4.10. The Balaban J connectivity index is 1.24. The van der Waals surface area contributed by atoms with E-state index in [0.717, 1.165) is 69.3 Å². The van der Waals surface area contributed by atoms with Crippen LogP contribution in [0.25, 0.3) is 11.0 Å². The first-order valence-corrected chi connectivity index (χ1v) is 9.19. The third kappa shape index (κ3) is 2.85. The second-order valence-corrected chi connectivity index (χ2v) is 7.10. The number of nitrogens with one attached hydrogen (secondary N) is 1. The van der Waals surface area contributed by atoms with Crippen LogP contribution in [0.5, 0.6) is 0 Å². The predicted molar refractivity (Wildman–Crippen MR) is 95.2 cm³/mol. The molecule has 0 unspecified atom stereocenters. The van der Waals surface area contributed by atoms with E-state index < -0.39 is 0 Å². The molecule has 0 radical (unpaired) electrons. The summed E-state index contributed by atoms with van der Waals surface area (Å²) in [6, 6.07) is 10.4. The summed E-state index contributed by atoms with van der Waals surface area (Å²) >= 11 is 0. The zero-order valence-corrected chi connectivity index (χ0v) is 14.3. The summed E-state index contributed by atoms with van der Waals surface area (Å²) in [5.41, 5.74) is 0.982. The van der Waals surface area contributed by atoms with Crippen molar-refractivity contribution in [2.75, 3.05) is 19.6 Å². The lowest BCUT2D eigenvalue weighted by molar-refractivity contribution is 0.188. The number of hydrogen-bond donors (Lipinski definition) is 1. The minimum atomic E-state index is 0.534.